The minimum Gasteiger partial charge on any atom is -0.488 e. The maximum atomic E-state index is 12.4. The molecule has 4 rings (SSSR count). The van der Waals surface area contributed by atoms with Crippen LogP contribution in [0.4, 0.5) is 11.4 Å². The van der Waals surface area contributed by atoms with E-state index in [0.717, 1.165) is 30.5 Å². The molecule has 0 unspecified atom stereocenters. The van der Waals surface area contributed by atoms with Gasteiger partial charge in [0.25, 0.3) is 5.91 Å². The van der Waals surface area contributed by atoms with Gasteiger partial charge in [0.05, 0.1) is 29.9 Å². The minimum atomic E-state index is -2.63. The molecule has 1 aliphatic rings. The first-order valence-corrected chi connectivity index (χ1v) is 9.07. The van der Waals surface area contributed by atoms with Crippen molar-refractivity contribution in [3.63, 3.8) is 0 Å². The van der Waals surface area contributed by atoms with Crippen molar-refractivity contribution in [3.8, 4) is 16.9 Å². The second-order valence-electron chi connectivity index (χ2n) is 6.49. The normalized spacial score (nSPS) is 15.2. The number of hydrogen-bond acceptors (Lipinski definition) is 6. The van der Waals surface area contributed by atoms with Crippen molar-refractivity contribution in [1.82, 2.24) is 25.3 Å². The third-order valence-corrected chi connectivity index (χ3v) is 4.41. The van der Waals surface area contributed by atoms with Crippen LogP contribution in [0.1, 0.15) is 34.4 Å². The van der Waals surface area contributed by atoms with Gasteiger partial charge in [-0.05, 0) is 43.5 Å². The fourth-order valence-electron chi connectivity index (χ4n) is 2.76. The second kappa shape index (κ2) is 7.67. The van der Waals surface area contributed by atoms with Gasteiger partial charge in [0.1, 0.15) is 5.75 Å². The number of rotatable bonds is 7. The lowest BCUT2D eigenvalue weighted by molar-refractivity contribution is 0.0958. The Hall–Kier alpha value is -3.42. The molecular weight excluding hydrogens is 356 g/mol. The van der Waals surface area contributed by atoms with Gasteiger partial charge in [-0.1, -0.05) is 6.07 Å². The number of benzene rings is 1. The van der Waals surface area contributed by atoms with Gasteiger partial charge in [0.2, 0.25) is 0 Å². The van der Waals surface area contributed by atoms with E-state index in [0.29, 0.717) is 17.1 Å². The van der Waals surface area contributed by atoms with Crippen molar-refractivity contribution in [2.24, 2.45) is 0 Å². The van der Waals surface area contributed by atoms with Gasteiger partial charge in [-0.25, -0.2) is 0 Å². The quantitative estimate of drug-likeness (QED) is 0.653. The van der Waals surface area contributed by atoms with Crippen LogP contribution in [0.5, 0.6) is 5.75 Å². The van der Waals surface area contributed by atoms with Crippen LogP contribution in [0.15, 0.2) is 42.9 Å². The van der Waals surface area contributed by atoms with Crippen LogP contribution in [0.25, 0.3) is 11.1 Å². The van der Waals surface area contributed by atoms with Crippen LogP contribution in [-0.4, -0.2) is 39.0 Å². The molecule has 28 heavy (non-hydrogen) atoms. The van der Waals surface area contributed by atoms with E-state index in [1.54, 1.807) is 12.3 Å². The Balaban J connectivity index is 1.64. The van der Waals surface area contributed by atoms with Crippen LogP contribution in [0.2, 0.25) is 0 Å². The number of hydrogen-bond donors (Lipinski definition) is 2. The van der Waals surface area contributed by atoms with Crippen molar-refractivity contribution < 1.29 is 13.6 Å². The van der Waals surface area contributed by atoms with Crippen LogP contribution in [0, 0.1) is 0 Å². The Morgan fingerprint density at radius 1 is 1.32 bits per heavy atom. The predicted octanol–water partition coefficient (Wildman–Crippen LogP) is 3.00. The molecule has 3 aromatic rings. The molecule has 1 aromatic carbocycles. The summed E-state index contributed by atoms with van der Waals surface area (Å²) in [6.45, 7) is 0.173. The Bertz CT molecular complexity index is 1090. The molecule has 1 saturated carbocycles. The van der Waals surface area contributed by atoms with E-state index in [1.165, 1.54) is 6.20 Å². The Kier molecular flexibility index (Phi) is 4.01. The summed E-state index contributed by atoms with van der Waals surface area (Å²) in [4.78, 5) is 12.4. The van der Waals surface area contributed by atoms with E-state index in [4.69, 9.17) is 8.85 Å². The molecule has 0 atom stereocenters. The molecule has 1 aliphatic carbocycles. The topological polar surface area (TPSA) is 94.0 Å². The largest absolute Gasteiger partial charge is 0.488 e. The zero-order valence-corrected chi connectivity index (χ0v) is 15.3. The van der Waals surface area contributed by atoms with Crippen LogP contribution >= 0.6 is 0 Å². The van der Waals surface area contributed by atoms with Gasteiger partial charge in [-0.2, -0.15) is 10.2 Å². The third kappa shape index (κ3) is 3.80. The number of ether oxygens (including phenoxy) is 1. The zero-order chi connectivity index (χ0) is 22.0. The third-order valence-electron chi connectivity index (χ3n) is 4.41. The summed E-state index contributed by atoms with van der Waals surface area (Å²) >= 11 is 0. The molecule has 1 fully saturated rings. The highest BCUT2D eigenvalue weighted by Crippen LogP contribution is 2.37. The molecule has 8 nitrogen and oxygen atoms in total. The van der Waals surface area contributed by atoms with Gasteiger partial charge in [-0.15, -0.1) is 5.10 Å². The fraction of sp³-hybridized carbons (Fsp3) is 0.300. The second-order valence-corrected chi connectivity index (χ2v) is 6.49. The van der Waals surface area contributed by atoms with E-state index in [-0.39, 0.29) is 11.8 Å². The van der Waals surface area contributed by atoms with E-state index in [1.807, 2.05) is 41.3 Å². The van der Waals surface area contributed by atoms with Gasteiger partial charge >= 0.3 is 0 Å². The summed E-state index contributed by atoms with van der Waals surface area (Å²) in [6.07, 6.45) is 7.32. The van der Waals surface area contributed by atoms with Crippen molar-refractivity contribution >= 4 is 17.3 Å². The van der Waals surface area contributed by atoms with Crippen LogP contribution in [0.3, 0.4) is 0 Å². The fourth-order valence-corrected chi connectivity index (χ4v) is 2.76. The SMILES string of the molecule is [2H]C([2H])([2H])NC(=O)c1nnccc1Nc1ccc(-c2cnn(CC)c2)cc1OC1CC1. The molecule has 0 aliphatic heterocycles. The Morgan fingerprint density at radius 3 is 2.96 bits per heavy atom. The van der Waals surface area contributed by atoms with Crippen molar-refractivity contribution in [2.45, 2.75) is 32.4 Å². The first-order valence-electron chi connectivity index (χ1n) is 10.6. The van der Waals surface area contributed by atoms with Gasteiger partial charge in [0.15, 0.2) is 5.69 Å². The van der Waals surface area contributed by atoms with Crippen molar-refractivity contribution in [1.29, 1.82) is 0 Å². The molecule has 2 aromatic heterocycles. The van der Waals surface area contributed by atoms with Crippen molar-refractivity contribution in [2.75, 3.05) is 12.3 Å². The number of nitrogens with one attached hydrogen (secondary N) is 2. The average molecular weight is 381 g/mol. The summed E-state index contributed by atoms with van der Waals surface area (Å²) in [5.41, 5.74) is 2.76. The predicted molar refractivity (Wildman–Crippen MR) is 106 cm³/mol. The van der Waals surface area contributed by atoms with Gasteiger partial charge in [0, 0.05) is 29.4 Å². The highest BCUT2D eigenvalue weighted by Gasteiger charge is 2.25. The smallest absolute Gasteiger partial charge is 0.273 e. The Morgan fingerprint density at radius 2 is 2.21 bits per heavy atom. The maximum Gasteiger partial charge on any atom is 0.273 e. The maximum absolute atomic E-state index is 12.4. The summed E-state index contributed by atoms with van der Waals surface area (Å²) in [5, 5.41) is 16.9. The van der Waals surface area contributed by atoms with Gasteiger partial charge < -0.3 is 15.4 Å². The lowest BCUT2D eigenvalue weighted by Gasteiger charge is -2.15. The number of carbonyl (C=O) groups is 1. The number of nitrogens with zero attached hydrogens (tertiary/aromatic N) is 4. The molecule has 0 saturated heterocycles. The number of aromatic nitrogens is 4. The lowest BCUT2D eigenvalue weighted by atomic mass is 10.1. The van der Waals surface area contributed by atoms with Crippen LogP contribution < -0.4 is 15.4 Å². The molecule has 2 N–H and O–H groups in total. The molecule has 2 heterocycles. The minimum absolute atomic E-state index is 0.121. The highest BCUT2D eigenvalue weighted by atomic mass is 16.5. The first-order chi connectivity index (χ1) is 14.8. The summed E-state index contributed by atoms with van der Waals surface area (Å²) < 4.78 is 29.7. The zero-order valence-electron chi connectivity index (χ0n) is 18.3. The van der Waals surface area contributed by atoms with Crippen LogP contribution in [-0.2, 0) is 6.54 Å². The van der Waals surface area contributed by atoms with E-state index >= 15 is 0 Å². The standard InChI is InChI=1S/C20H22N6O2/c1-3-26-12-14(11-23-26)13-4-7-16(18(10-13)28-15-5-6-15)24-17-8-9-22-25-19(17)20(27)21-2/h4,7-12,15H,3,5-6H2,1-2H3,(H,21,27)(H,22,24)/i2D3. The van der Waals surface area contributed by atoms with E-state index in [9.17, 15) is 4.79 Å². The number of aryl methyl sites for hydroxylation is 1. The first kappa shape index (κ1) is 14.6. The number of anilines is 2. The molecule has 8 heteroatoms. The molecular formula is C20H22N6O2. The van der Waals surface area contributed by atoms with Gasteiger partial charge in [-0.3, -0.25) is 9.48 Å². The summed E-state index contributed by atoms with van der Waals surface area (Å²) in [6, 6.07) is 7.26. The highest BCUT2D eigenvalue weighted by molar-refractivity contribution is 5.98. The molecule has 0 bridgehead atoms. The number of amides is 1. The molecule has 1 amide bonds. The van der Waals surface area contributed by atoms with E-state index < -0.39 is 12.9 Å². The summed E-state index contributed by atoms with van der Waals surface area (Å²) in [7, 11) is 0. The monoisotopic (exact) mass is 381 g/mol. The number of carbonyl (C=O) groups excluding carboxylic acids is 1. The van der Waals surface area contributed by atoms with E-state index in [2.05, 4.69) is 20.6 Å². The average Bonchev–Trinajstić information content (AvgIpc) is 3.41. The molecule has 144 valence electrons. The Labute approximate surface area is 167 Å². The molecule has 0 radical (unpaired) electrons. The lowest BCUT2D eigenvalue weighted by Crippen LogP contribution is -2.21. The molecule has 0 spiro atoms. The summed E-state index contributed by atoms with van der Waals surface area (Å²) in [5.74, 6) is -0.216. The van der Waals surface area contributed by atoms with Crippen molar-refractivity contribution in [3.05, 3.63) is 48.5 Å².